The summed E-state index contributed by atoms with van der Waals surface area (Å²) < 4.78 is 11.4. The molecular weight excluding hydrogens is 334 g/mol. The fraction of sp³-hybridized carbons (Fsp3) is 0.579. The van der Waals surface area contributed by atoms with Crippen LogP contribution in [0, 0.1) is 0 Å². The molecule has 2 atom stereocenters. The largest absolute Gasteiger partial charge is 0.377 e. The molecule has 2 unspecified atom stereocenters. The van der Waals surface area contributed by atoms with E-state index in [0.717, 1.165) is 38.9 Å². The van der Waals surface area contributed by atoms with E-state index in [1.807, 2.05) is 23.1 Å². The number of rotatable bonds is 7. The van der Waals surface area contributed by atoms with Crippen molar-refractivity contribution < 1.29 is 19.1 Å². The number of imide groups is 1. The number of ether oxygens (including phenoxy) is 2. The first kappa shape index (κ1) is 18.8. The summed E-state index contributed by atoms with van der Waals surface area (Å²) in [5.41, 5.74) is 0.647. The van der Waals surface area contributed by atoms with Crippen molar-refractivity contribution in [3.8, 4) is 0 Å². The highest BCUT2D eigenvalue weighted by Gasteiger charge is 2.25. The van der Waals surface area contributed by atoms with E-state index in [4.69, 9.17) is 9.47 Å². The van der Waals surface area contributed by atoms with E-state index in [9.17, 15) is 9.59 Å². The number of para-hydroxylation sites is 1. The van der Waals surface area contributed by atoms with E-state index >= 15 is 0 Å². The Kier molecular flexibility index (Phi) is 6.99. The molecule has 2 N–H and O–H groups in total. The number of nitrogens with zero attached hydrogens (tertiary/aromatic N) is 1. The van der Waals surface area contributed by atoms with Crippen LogP contribution in [0.15, 0.2) is 30.3 Å². The second kappa shape index (κ2) is 9.66. The van der Waals surface area contributed by atoms with Gasteiger partial charge in [-0.1, -0.05) is 18.2 Å². The summed E-state index contributed by atoms with van der Waals surface area (Å²) in [6.45, 7) is 3.09. The van der Waals surface area contributed by atoms with Gasteiger partial charge in [0, 0.05) is 32.0 Å². The topological polar surface area (TPSA) is 79.9 Å². The van der Waals surface area contributed by atoms with Crippen LogP contribution < -0.4 is 10.6 Å². The van der Waals surface area contributed by atoms with E-state index in [0.29, 0.717) is 18.8 Å². The predicted molar refractivity (Wildman–Crippen MR) is 98.0 cm³/mol. The highest BCUT2D eigenvalue weighted by Crippen LogP contribution is 2.17. The van der Waals surface area contributed by atoms with Gasteiger partial charge < -0.3 is 14.8 Å². The fourth-order valence-corrected chi connectivity index (χ4v) is 3.41. The normalized spacial score (nSPS) is 22.5. The molecule has 7 nitrogen and oxygen atoms in total. The first-order valence-corrected chi connectivity index (χ1v) is 9.30. The third-order valence-corrected chi connectivity index (χ3v) is 4.62. The molecule has 0 radical (unpaired) electrons. The second-order valence-electron chi connectivity index (χ2n) is 6.83. The predicted octanol–water partition coefficient (Wildman–Crippen LogP) is 1.99. The zero-order valence-corrected chi connectivity index (χ0v) is 15.0. The Balaban J connectivity index is 1.49. The van der Waals surface area contributed by atoms with Gasteiger partial charge in [0.05, 0.1) is 18.8 Å². The first-order chi connectivity index (χ1) is 12.7. The van der Waals surface area contributed by atoms with Gasteiger partial charge >= 0.3 is 6.03 Å². The molecule has 0 aromatic heterocycles. The molecule has 0 aliphatic carbocycles. The summed E-state index contributed by atoms with van der Waals surface area (Å²) in [6.07, 6.45) is 4.45. The molecule has 1 aromatic carbocycles. The summed E-state index contributed by atoms with van der Waals surface area (Å²) in [7, 11) is 0. The van der Waals surface area contributed by atoms with Gasteiger partial charge in [0.2, 0.25) is 5.91 Å². The quantitative estimate of drug-likeness (QED) is 0.776. The fourth-order valence-electron chi connectivity index (χ4n) is 3.41. The van der Waals surface area contributed by atoms with Crippen LogP contribution in [0.4, 0.5) is 10.5 Å². The maximum atomic E-state index is 12.3. The lowest BCUT2D eigenvalue weighted by Crippen LogP contribution is -2.46. The summed E-state index contributed by atoms with van der Waals surface area (Å²) >= 11 is 0. The maximum Gasteiger partial charge on any atom is 0.325 e. The van der Waals surface area contributed by atoms with Gasteiger partial charge in [0.1, 0.15) is 0 Å². The molecule has 0 spiro atoms. The number of anilines is 1. The Bertz CT molecular complexity index is 566. The Labute approximate surface area is 154 Å². The lowest BCUT2D eigenvalue weighted by Gasteiger charge is -2.26. The number of urea groups is 1. The second-order valence-corrected chi connectivity index (χ2v) is 6.83. The molecule has 2 aliphatic heterocycles. The molecule has 142 valence electrons. The number of carbonyl (C=O) groups is 2. The smallest absolute Gasteiger partial charge is 0.325 e. The summed E-state index contributed by atoms with van der Waals surface area (Å²) in [5.74, 6) is -0.325. The summed E-state index contributed by atoms with van der Waals surface area (Å²) in [5, 5.41) is 5.05. The molecule has 3 amide bonds. The van der Waals surface area contributed by atoms with Crippen LogP contribution in [0.25, 0.3) is 0 Å². The Morgan fingerprint density at radius 2 is 1.62 bits per heavy atom. The zero-order valence-electron chi connectivity index (χ0n) is 15.0. The number of carbonyl (C=O) groups excluding carboxylic acids is 2. The molecule has 26 heavy (non-hydrogen) atoms. The van der Waals surface area contributed by atoms with Crippen molar-refractivity contribution in [2.24, 2.45) is 0 Å². The van der Waals surface area contributed by atoms with E-state index in [1.54, 1.807) is 12.1 Å². The lowest BCUT2D eigenvalue weighted by molar-refractivity contribution is -0.121. The minimum atomic E-state index is -0.518. The van der Waals surface area contributed by atoms with E-state index in [2.05, 4.69) is 10.6 Å². The number of amides is 3. The number of hydrogen-bond donors (Lipinski definition) is 2. The van der Waals surface area contributed by atoms with E-state index < -0.39 is 6.03 Å². The Morgan fingerprint density at radius 3 is 2.15 bits per heavy atom. The molecule has 2 saturated heterocycles. The van der Waals surface area contributed by atoms with Crippen LogP contribution in [0.2, 0.25) is 0 Å². The molecule has 7 heteroatoms. The number of benzene rings is 1. The van der Waals surface area contributed by atoms with Crippen molar-refractivity contribution in [1.29, 1.82) is 0 Å². The van der Waals surface area contributed by atoms with Crippen molar-refractivity contribution in [3.63, 3.8) is 0 Å². The van der Waals surface area contributed by atoms with Crippen molar-refractivity contribution in [2.45, 2.75) is 37.9 Å². The minimum absolute atomic E-state index is 0.155. The molecule has 2 fully saturated rings. The van der Waals surface area contributed by atoms with Gasteiger partial charge in [-0.2, -0.15) is 0 Å². The van der Waals surface area contributed by atoms with Crippen LogP contribution in [0.3, 0.4) is 0 Å². The van der Waals surface area contributed by atoms with Crippen LogP contribution in [-0.2, 0) is 14.3 Å². The lowest BCUT2D eigenvalue weighted by atomic mass is 10.2. The van der Waals surface area contributed by atoms with Gasteiger partial charge in [0.25, 0.3) is 0 Å². The third kappa shape index (κ3) is 6.09. The van der Waals surface area contributed by atoms with Crippen LogP contribution >= 0.6 is 0 Å². The van der Waals surface area contributed by atoms with Gasteiger partial charge in [-0.05, 0) is 37.8 Å². The number of hydrogen-bond acceptors (Lipinski definition) is 5. The first-order valence-electron chi connectivity index (χ1n) is 9.30. The maximum absolute atomic E-state index is 12.3. The monoisotopic (exact) mass is 361 g/mol. The number of nitrogens with one attached hydrogen (secondary N) is 2. The van der Waals surface area contributed by atoms with Gasteiger partial charge in [-0.25, -0.2) is 4.79 Å². The highest BCUT2D eigenvalue weighted by atomic mass is 16.5. The molecule has 1 aromatic rings. The van der Waals surface area contributed by atoms with Crippen LogP contribution in [0.5, 0.6) is 0 Å². The molecule has 2 heterocycles. The van der Waals surface area contributed by atoms with Gasteiger partial charge in [-0.15, -0.1) is 0 Å². The van der Waals surface area contributed by atoms with Crippen LogP contribution in [-0.4, -0.2) is 61.9 Å². The zero-order chi connectivity index (χ0) is 18.2. The van der Waals surface area contributed by atoms with E-state index in [-0.39, 0.29) is 24.7 Å². The highest BCUT2D eigenvalue weighted by molar-refractivity contribution is 6.01. The summed E-state index contributed by atoms with van der Waals surface area (Å²) in [6, 6.07) is 8.53. The van der Waals surface area contributed by atoms with Gasteiger partial charge in [-0.3, -0.25) is 15.0 Å². The molecule has 0 bridgehead atoms. The standard InChI is InChI=1S/C19H27N3O4/c23-18(21-19(24)20-15-6-2-1-3-7-15)14-22(12-16-8-4-10-25-16)13-17-9-5-11-26-17/h1-3,6-7,16-17H,4-5,8-14H2,(H2,20,21,23,24). The van der Waals surface area contributed by atoms with Gasteiger partial charge in [0.15, 0.2) is 0 Å². The average Bonchev–Trinajstić information content (AvgIpc) is 3.29. The van der Waals surface area contributed by atoms with Crippen LogP contribution in [0.1, 0.15) is 25.7 Å². The molecular formula is C19H27N3O4. The third-order valence-electron chi connectivity index (χ3n) is 4.62. The molecule has 2 aliphatic rings. The van der Waals surface area contributed by atoms with E-state index in [1.165, 1.54) is 0 Å². The Hall–Kier alpha value is -1.96. The Morgan fingerprint density at radius 1 is 1.00 bits per heavy atom. The van der Waals surface area contributed by atoms with Crippen molar-refractivity contribution in [3.05, 3.63) is 30.3 Å². The van der Waals surface area contributed by atoms with Crippen molar-refractivity contribution in [1.82, 2.24) is 10.2 Å². The average molecular weight is 361 g/mol. The molecule has 3 rings (SSSR count). The SMILES string of the molecule is O=C(CN(CC1CCCO1)CC1CCCO1)NC(=O)Nc1ccccc1. The summed E-state index contributed by atoms with van der Waals surface area (Å²) in [4.78, 5) is 26.3. The minimum Gasteiger partial charge on any atom is -0.377 e. The van der Waals surface area contributed by atoms with Crippen molar-refractivity contribution in [2.75, 3.05) is 38.2 Å². The molecule has 0 saturated carbocycles. The van der Waals surface area contributed by atoms with Crippen molar-refractivity contribution >= 4 is 17.6 Å².